The molecule has 6 heteroatoms. The Labute approximate surface area is 95.8 Å². The maximum atomic E-state index is 11.5. The van der Waals surface area contributed by atoms with E-state index >= 15 is 0 Å². The molecule has 0 spiro atoms. The normalized spacial score (nSPS) is 16.4. The molecule has 4 N–H and O–H groups in total. The number of hydrogen-bond donors (Lipinski definition) is 3. The van der Waals surface area contributed by atoms with Gasteiger partial charge in [0.25, 0.3) is 0 Å². The van der Waals surface area contributed by atoms with Crippen LogP contribution in [-0.2, 0) is 4.74 Å². The van der Waals surface area contributed by atoms with Crippen molar-refractivity contribution in [2.75, 3.05) is 0 Å². The summed E-state index contributed by atoms with van der Waals surface area (Å²) in [5.41, 5.74) is 4.02. The molecule has 0 aliphatic carbocycles. The number of amides is 1. The van der Waals surface area contributed by atoms with Crippen molar-refractivity contribution in [2.45, 2.75) is 52.2 Å². The van der Waals surface area contributed by atoms with Gasteiger partial charge in [-0.2, -0.15) is 0 Å². The Morgan fingerprint density at radius 3 is 2.25 bits per heavy atom. The molecule has 0 bridgehead atoms. The third-order valence-corrected chi connectivity index (χ3v) is 2.16. The minimum absolute atomic E-state index is 0.0548. The van der Waals surface area contributed by atoms with Gasteiger partial charge in [0.1, 0.15) is 11.1 Å². The van der Waals surface area contributed by atoms with E-state index in [1.54, 1.807) is 27.7 Å². The fraction of sp³-hybridized carbons (Fsp3) is 0.800. The van der Waals surface area contributed by atoms with Gasteiger partial charge in [-0.1, -0.05) is 12.1 Å². The SMILES string of the molecule is CCC(C)(NC(=O)OC(C)(C)C)C(N)=NO. The molecular formula is C10H21N3O3. The summed E-state index contributed by atoms with van der Waals surface area (Å²) in [5, 5.41) is 14.1. The first-order chi connectivity index (χ1) is 7.14. The standard InChI is InChI=1S/C10H21N3O3/c1-6-10(5,7(11)13-15)12-8(14)16-9(2,3)4/h15H,6H2,1-5H3,(H2,11,13)(H,12,14). The van der Waals surface area contributed by atoms with Crippen molar-refractivity contribution in [1.29, 1.82) is 0 Å². The number of nitrogens with two attached hydrogens (primary N) is 1. The smallest absolute Gasteiger partial charge is 0.408 e. The predicted molar refractivity (Wildman–Crippen MR) is 61.5 cm³/mol. The van der Waals surface area contributed by atoms with Crippen molar-refractivity contribution >= 4 is 11.9 Å². The molecule has 0 saturated carbocycles. The van der Waals surface area contributed by atoms with Crippen molar-refractivity contribution in [3.8, 4) is 0 Å². The van der Waals surface area contributed by atoms with E-state index in [4.69, 9.17) is 15.7 Å². The van der Waals surface area contributed by atoms with Gasteiger partial charge in [-0.05, 0) is 34.1 Å². The number of rotatable bonds is 3. The van der Waals surface area contributed by atoms with E-state index in [0.717, 1.165) is 0 Å². The lowest BCUT2D eigenvalue weighted by Gasteiger charge is -2.29. The molecule has 0 aliphatic rings. The highest BCUT2D eigenvalue weighted by Crippen LogP contribution is 2.12. The highest BCUT2D eigenvalue weighted by Gasteiger charge is 2.31. The Morgan fingerprint density at radius 1 is 1.44 bits per heavy atom. The number of ether oxygens (including phenoxy) is 1. The van der Waals surface area contributed by atoms with Gasteiger partial charge in [0.05, 0.1) is 0 Å². The molecular weight excluding hydrogens is 210 g/mol. The van der Waals surface area contributed by atoms with Crippen LogP contribution in [0.2, 0.25) is 0 Å². The van der Waals surface area contributed by atoms with Crippen LogP contribution in [0, 0.1) is 0 Å². The van der Waals surface area contributed by atoms with Crippen molar-refractivity contribution in [1.82, 2.24) is 5.32 Å². The first kappa shape index (κ1) is 14.5. The summed E-state index contributed by atoms with van der Waals surface area (Å²) in [5.74, 6) is -0.0548. The second-order valence-electron chi connectivity index (χ2n) is 4.80. The first-order valence-corrected chi connectivity index (χ1v) is 5.14. The number of alkyl carbamates (subject to hydrolysis) is 1. The molecule has 6 nitrogen and oxygen atoms in total. The fourth-order valence-corrected chi connectivity index (χ4v) is 0.973. The molecule has 94 valence electrons. The average Bonchev–Trinajstić information content (AvgIpc) is 2.13. The molecule has 0 fully saturated rings. The second kappa shape index (κ2) is 5.05. The van der Waals surface area contributed by atoms with Crippen molar-refractivity contribution < 1.29 is 14.7 Å². The van der Waals surface area contributed by atoms with Crippen molar-refractivity contribution in [3.05, 3.63) is 0 Å². The Kier molecular flexibility index (Phi) is 4.59. The Balaban J connectivity index is 4.62. The van der Waals surface area contributed by atoms with Crippen LogP contribution < -0.4 is 11.1 Å². The summed E-state index contributed by atoms with van der Waals surface area (Å²) in [6, 6.07) is 0. The van der Waals surface area contributed by atoms with Gasteiger partial charge >= 0.3 is 6.09 Å². The fourth-order valence-electron chi connectivity index (χ4n) is 0.973. The summed E-state index contributed by atoms with van der Waals surface area (Å²) < 4.78 is 5.09. The maximum absolute atomic E-state index is 11.5. The van der Waals surface area contributed by atoms with Gasteiger partial charge in [0.15, 0.2) is 5.84 Å². The Hall–Kier alpha value is -1.46. The van der Waals surface area contributed by atoms with Crippen LogP contribution in [0.15, 0.2) is 5.16 Å². The number of hydrogen-bond acceptors (Lipinski definition) is 4. The monoisotopic (exact) mass is 231 g/mol. The molecule has 1 unspecified atom stereocenters. The van der Waals surface area contributed by atoms with Crippen LogP contribution in [0.1, 0.15) is 41.0 Å². The van der Waals surface area contributed by atoms with Crippen LogP contribution >= 0.6 is 0 Å². The molecule has 0 aromatic carbocycles. The topological polar surface area (TPSA) is 96.9 Å². The molecule has 1 atom stereocenters. The summed E-state index contributed by atoms with van der Waals surface area (Å²) in [6.07, 6.45) is -0.106. The third-order valence-electron chi connectivity index (χ3n) is 2.16. The number of nitrogens with one attached hydrogen (secondary N) is 1. The molecule has 0 radical (unpaired) electrons. The third kappa shape index (κ3) is 4.37. The number of carbonyl (C=O) groups is 1. The summed E-state index contributed by atoms with van der Waals surface area (Å²) in [6.45, 7) is 8.76. The molecule has 0 heterocycles. The van der Waals surface area contributed by atoms with Crippen molar-refractivity contribution in [3.63, 3.8) is 0 Å². The van der Waals surface area contributed by atoms with Crippen LogP contribution in [0.5, 0.6) is 0 Å². The highest BCUT2D eigenvalue weighted by atomic mass is 16.6. The Morgan fingerprint density at radius 2 is 1.94 bits per heavy atom. The minimum Gasteiger partial charge on any atom is -0.444 e. The van der Waals surface area contributed by atoms with Gasteiger partial charge in [-0.25, -0.2) is 4.79 Å². The molecule has 0 rings (SSSR count). The predicted octanol–water partition coefficient (Wildman–Crippen LogP) is 1.43. The van der Waals surface area contributed by atoms with Crippen LogP contribution in [-0.4, -0.2) is 28.3 Å². The minimum atomic E-state index is -0.906. The maximum Gasteiger partial charge on any atom is 0.408 e. The van der Waals surface area contributed by atoms with E-state index < -0.39 is 17.2 Å². The average molecular weight is 231 g/mol. The summed E-state index contributed by atoms with van der Waals surface area (Å²) in [7, 11) is 0. The first-order valence-electron chi connectivity index (χ1n) is 5.14. The molecule has 0 aromatic rings. The lowest BCUT2D eigenvalue weighted by Crippen LogP contribution is -2.55. The molecule has 1 amide bonds. The van der Waals surface area contributed by atoms with E-state index in [2.05, 4.69) is 10.5 Å². The van der Waals surface area contributed by atoms with Gasteiger partial charge in [-0.3, -0.25) is 0 Å². The van der Waals surface area contributed by atoms with Gasteiger partial charge in [-0.15, -0.1) is 0 Å². The van der Waals surface area contributed by atoms with E-state index in [9.17, 15) is 4.79 Å². The largest absolute Gasteiger partial charge is 0.444 e. The molecule has 0 aliphatic heterocycles. The zero-order valence-corrected chi connectivity index (χ0v) is 10.5. The van der Waals surface area contributed by atoms with Crippen LogP contribution in [0.25, 0.3) is 0 Å². The van der Waals surface area contributed by atoms with Gasteiger partial charge in [0.2, 0.25) is 0 Å². The second-order valence-corrected chi connectivity index (χ2v) is 4.80. The lowest BCUT2D eigenvalue weighted by molar-refractivity contribution is 0.0488. The quantitative estimate of drug-likeness (QED) is 0.296. The van der Waals surface area contributed by atoms with Gasteiger partial charge in [0, 0.05) is 0 Å². The zero-order chi connectivity index (χ0) is 13.0. The number of carbonyl (C=O) groups excluding carboxylic acids is 1. The highest BCUT2D eigenvalue weighted by molar-refractivity contribution is 5.92. The lowest BCUT2D eigenvalue weighted by atomic mass is 9.98. The van der Waals surface area contributed by atoms with E-state index in [1.165, 1.54) is 0 Å². The molecule has 0 saturated heterocycles. The van der Waals surface area contributed by atoms with Crippen LogP contribution in [0.4, 0.5) is 4.79 Å². The van der Waals surface area contributed by atoms with E-state index in [1.807, 2.05) is 6.92 Å². The van der Waals surface area contributed by atoms with E-state index in [-0.39, 0.29) is 5.84 Å². The number of amidine groups is 1. The summed E-state index contributed by atoms with van der Waals surface area (Å²) in [4.78, 5) is 11.5. The van der Waals surface area contributed by atoms with Crippen LogP contribution in [0.3, 0.4) is 0 Å². The number of nitrogens with zero attached hydrogens (tertiary/aromatic N) is 1. The van der Waals surface area contributed by atoms with E-state index in [0.29, 0.717) is 6.42 Å². The Bertz CT molecular complexity index is 284. The van der Waals surface area contributed by atoms with Crippen molar-refractivity contribution in [2.24, 2.45) is 10.9 Å². The summed E-state index contributed by atoms with van der Waals surface area (Å²) >= 11 is 0. The molecule has 16 heavy (non-hydrogen) atoms. The zero-order valence-electron chi connectivity index (χ0n) is 10.5. The number of oxime groups is 1. The molecule has 0 aromatic heterocycles. The van der Waals surface area contributed by atoms with Gasteiger partial charge < -0.3 is 21.0 Å².